The van der Waals surface area contributed by atoms with Gasteiger partial charge in [0, 0.05) is 7.05 Å². The van der Waals surface area contributed by atoms with Crippen molar-refractivity contribution in [2.45, 2.75) is 39.7 Å². The van der Waals surface area contributed by atoms with Crippen LogP contribution in [0.25, 0.3) is 0 Å². The summed E-state index contributed by atoms with van der Waals surface area (Å²) in [7, 11) is 1.65. The lowest BCUT2D eigenvalue weighted by Gasteiger charge is -2.20. The average molecular weight is 264 g/mol. The molecule has 1 aromatic rings. The molecule has 0 aliphatic rings. The number of nitrogens with one attached hydrogen (secondary N) is 2. The molecule has 2 N–H and O–H groups in total. The maximum atomic E-state index is 11.2. The fourth-order valence-electron chi connectivity index (χ4n) is 1.72. The smallest absolute Gasteiger partial charge is 0.260 e. The Morgan fingerprint density at radius 2 is 2.00 bits per heavy atom. The monoisotopic (exact) mass is 264 g/mol. The third-order valence-corrected chi connectivity index (χ3v) is 2.97. The second kappa shape index (κ2) is 6.68. The molecule has 0 aliphatic carbocycles. The van der Waals surface area contributed by atoms with Gasteiger partial charge < -0.3 is 4.74 Å². The predicted molar refractivity (Wildman–Crippen MR) is 76.7 cm³/mol. The molecule has 1 rings (SSSR count). The number of hydrazine groups is 1. The Morgan fingerprint density at radius 1 is 1.32 bits per heavy atom. The zero-order valence-electron chi connectivity index (χ0n) is 12.5. The number of benzene rings is 1. The van der Waals surface area contributed by atoms with Crippen LogP contribution < -0.4 is 10.9 Å². The zero-order valence-corrected chi connectivity index (χ0v) is 12.5. The standard InChI is InChI=1S/C15H24N2O2/c1-11-6-7-13(15(2,3)4)8-12(11)9-19-10-14(18)17-16-5/h6-8,16H,9-10H2,1-5H3,(H,17,18). The molecule has 0 aliphatic heterocycles. The molecular formula is C15H24N2O2. The summed E-state index contributed by atoms with van der Waals surface area (Å²) in [5.74, 6) is -0.174. The molecule has 106 valence electrons. The molecule has 1 amide bonds. The van der Waals surface area contributed by atoms with Crippen molar-refractivity contribution in [3.05, 3.63) is 34.9 Å². The van der Waals surface area contributed by atoms with Crippen molar-refractivity contribution >= 4 is 5.91 Å². The van der Waals surface area contributed by atoms with E-state index in [4.69, 9.17) is 4.74 Å². The van der Waals surface area contributed by atoms with Crippen LogP contribution in [0.4, 0.5) is 0 Å². The fraction of sp³-hybridized carbons (Fsp3) is 0.533. The van der Waals surface area contributed by atoms with Crippen LogP contribution in [0.3, 0.4) is 0 Å². The highest BCUT2D eigenvalue weighted by Gasteiger charge is 2.14. The third kappa shape index (κ3) is 5.01. The van der Waals surface area contributed by atoms with Gasteiger partial charge >= 0.3 is 0 Å². The number of hydrogen-bond donors (Lipinski definition) is 2. The Balaban J connectivity index is 2.65. The lowest BCUT2D eigenvalue weighted by atomic mass is 9.85. The third-order valence-electron chi connectivity index (χ3n) is 2.97. The molecule has 4 heteroatoms. The second-order valence-electron chi connectivity index (χ2n) is 5.68. The van der Waals surface area contributed by atoms with Gasteiger partial charge in [-0.25, -0.2) is 5.43 Å². The van der Waals surface area contributed by atoms with Crippen LogP contribution in [-0.4, -0.2) is 19.6 Å². The van der Waals surface area contributed by atoms with Crippen LogP contribution in [-0.2, 0) is 21.6 Å². The molecule has 0 unspecified atom stereocenters. The molecule has 0 saturated carbocycles. The van der Waals surface area contributed by atoms with Crippen molar-refractivity contribution in [1.82, 2.24) is 10.9 Å². The molecule has 1 aromatic carbocycles. The summed E-state index contributed by atoms with van der Waals surface area (Å²) in [4.78, 5) is 11.2. The number of rotatable bonds is 5. The summed E-state index contributed by atoms with van der Waals surface area (Å²) in [5.41, 5.74) is 8.75. The van der Waals surface area contributed by atoms with Gasteiger partial charge in [0.2, 0.25) is 0 Å². The first kappa shape index (κ1) is 15.7. The van der Waals surface area contributed by atoms with Crippen molar-refractivity contribution in [3.63, 3.8) is 0 Å². The molecule has 0 bridgehead atoms. The highest BCUT2D eigenvalue weighted by molar-refractivity contribution is 5.76. The molecule has 4 nitrogen and oxygen atoms in total. The van der Waals surface area contributed by atoms with Gasteiger partial charge in [-0.3, -0.25) is 10.2 Å². The van der Waals surface area contributed by atoms with E-state index in [1.54, 1.807) is 7.05 Å². The predicted octanol–water partition coefficient (Wildman–Crippen LogP) is 2.06. The molecule has 0 fully saturated rings. The van der Waals surface area contributed by atoms with Crippen LogP contribution in [0, 0.1) is 6.92 Å². The maximum absolute atomic E-state index is 11.2. The van der Waals surface area contributed by atoms with E-state index in [2.05, 4.69) is 56.7 Å². The molecule has 0 aromatic heterocycles. The van der Waals surface area contributed by atoms with E-state index >= 15 is 0 Å². The molecule has 19 heavy (non-hydrogen) atoms. The minimum Gasteiger partial charge on any atom is -0.367 e. The summed E-state index contributed by atoms with van der Waals surface area (Å²) in [6.07, 6.45) is 0. The zero-order chi connectivity index (χ0) is 14.5. The Labute approximate surface area is 115 Å². The number of ether oxygens (including phenoxy) is 1. The first-order valence-electron chi connectivity index (χ1n) is 6.48. The number of aryl methyl sites for hydroxylation is 1. The summed E-state index contributed by atoms with van der Waals surface area (Å²) < 4.78 is 5.43. The summed E-state index contributed by atoms with van der Waals surface area (Å²) in [6, 6.07) is 6.41. The number of amides is 1. The number of hydrogen-bond acceptors (Lipinski definition) is 3. The largest absolute Gasteiger partial charge is 0.367 e. The normalized spacial score (nSPS) is 11.4. The van der Waals surface area contributed by atoms with Crippen LogP contribution >= 0.6 is 0 Å². The van der Waals surface area contributed by atoms with Gasteiger partial charge in [-0.05, 0) is 29.0 Å². The number of carbonyl (C=O) groups is 1. The van der Waals surface area contributed by atoms with Gasteiger partial charge in [0.05, 0.1) is 6.61 Å². The first-order chi connectivity index (χ1) is 8.84. The Morgan fingerprint density at radius 3 is 2.58 bits per heavy atom. The molecule has 0 saturated heterocycles. The fourth-order valence-corrected chi connectivity index (χ4v) is 1.72. The van der Waals surface area contributed by atoms with Crippen LogP contribution in [0.15, 0.2) is 18.2 Å². The lowest BCUT2D eigenvalue weighted by molar-refractivity contribution is -0.126. The maximum Gasteiger partial charge on any atom is 0.260 e. The number of carbonyl (C=O) groups excluding carboxylic acids is 1. The van der Waals surface area contributed by atoms with Crippen LogP contribution in [0.1, 0.15) is 37.5 Å². The van der Waals surface area contributed by atoms with E-state index in [1.807, 2.05) is 0 Å². The highest BCUT2D eigenvalue weighted by Crippen LogP contribution is 2.24. The van der Waals surface area contributed by atoms with E-state index in [1.165, 1.54) is 11.1 Å². The molecule has 0 heterocycles. The van der Waals surface area contributed by atoms with E-state index in [0.717, 1.165) is 5.56 Å². The van der Waals surface area contributed by atoms with Gasteiger partial charge in [0.25, 0.3) is 5.91 Å². The van der Waals surface area contributed by atoms with Crippen molar-refractivity contribution in [3.8, 4) is 0 Å². The van der Waals surface area contributed by atoms with E-state index in [9.17, 15) is 4.79 Å². The van der Waals surface area contributed by atoms with E-state index in [0.29, 0.717) is 6.61 Å². The Hall–Kier alpha value is -1.39. The Bertz CT molecular complexity index is 436. The van der Waals surface area contributed by atoms with Gasteiger partial charge in [-0.15, -0.1) is 0 Å². The van der Waals surface area contributed by atoms with Gasteiger partial charge in [0.1, 0.15) is 6.61 Å². The lowest BCUT2D eigenvalue weighted by Crippen LogP contribution is -2.36. The minimum absolute atomic E-state index is 0.0556. The summed E-state index contributed by atoms with van der Waals surface area (Å²) in [5, 5.41) is 0. The van der Waals surface area contributed by atoms with E-state index in [-0.39, 0.29) is 17.9 Å². The average Bonchev–Trinajstić information content (AvgIpc) is 2.30. The second-order valence-corrected chi connectivity index (χ2v) is 5.68. The van der Waals surface area contributed by atoms with Gasteiger partial charge in [0.15, 0.2) is 0 Å². The molecule has 0 spiro atoms. The van der Waals surface area contributed by atoms with Gasteiger partial charge in [-0.2, -0.15) is 0 Å². The van der Waals surface area contributed by atoms with Crippen LogP contribution in [0.5, 0.6) is 0 Å². The Kier molecular flexibility index (Phi) is 5.51. The topological polar surface area (TPSA) is 50.4 Å². The van der Waals surface area contributed by atoms with E-state index < -0.39 is 0 Å². The minimum atomic E-state index is -0.174. The van der Waals surface area contributed by atoms with Gasteiger partial charge in [-0.1, -0.05) is 39.0 Å². The van der Waals surface area contributed by atoms with Crippen molar-refractivity contribution in [2.24, 2.45) is 0 Å². The molecule has 0 atom stereocenters. The summed E-state index contributed by atoms with van der Waals surface area (Å²) >= 11 is 0. The van der Waals surface area contributed by atoms with Crippen molar-refractivity contribution in [2.75, 3.05) is 13.7 Å². The first-order valence-corrected chi connectivity index (χ1v) is 6.48. The molecule has 0 radical (unpaired) electrons. The summed E-state index contributed by atoms with van der Waals surface area (Å²) in [6.45, 7) is 9.11. The van der Waals surface area contributed by atoms with Crippen molar-refractivity contribution in [1.29, 1.82) is 0 Å². The quantitative estimate of drug-likeness (QED) is 0.800. The SMILES string of the molecule is CNNC(=O)COCc1cc(C(C)(C)C)ccc1C. The highest BCUT2D eigenvalue weighted by atomic mass is 16.5. The van der Waals surface area contributed by atoms with Crippen molar-refractivity contribution < 1.29 is 9.53 Å². The van der Waals surface area contributed by atoms with Crippen LogP contribution in [0.2, 0.25) is 0 Å². The molecular weight excluding hydrogens is 240 g/mol.